The lowest BCUT2D eigenvalue weighted by Gasteiger charge is -2.30. The summed E-state index contributed by atoms with van der Waals surface area (Å²) in [6.45, 7) is 0. The number of nitrogens with zero attached hydrogens (tertiary/aromatic N) is 2. The van der Waals surface area contributed by atoms with Crippen molar-refractivity contribution in [3.63, 3.8) is 0 Å². The van der Waals surface area contributed by atoms with Crippen LogP contribution < -0.4 is 5.32 Å². The van der Waals surface area contributed by atoms with Crippen LogP contribution in [0.15, 0.2) is 144 Å². The molecule has 0 fully saturated rings. The third kappa shape index (κ3) is 3.34. The van der Waals surface area contributed by atoms with E-state index >= 15 is 0 Å². The number of fused-ring (bicyclic) bond motifs is 10. The third-order valence-electron chi connectivity index (χ3n) is 9.50. The topological polar surface area (TPSA) is 29.3 Å². The van der Waals surface area contributed by atoms with Crippen molar-refractivity contribution in [1.82, 2.24) is 9.88 Å². The van der Waals surface area contributed by atoms with Crippen molar-refractivity contribution >= 4 is 80.8 Å². The molecule has 0 saturated heterocycles. The number of benzene rings is 6. The first-order chi connectivity index (χ1) is 21.8. The highest BCUT2D eigenvalue weighted by atomic mass is 32.1. The minimum atomic E-state index is -0.0945. The van der Waals surface area contributed by atoms with Gasteiger partial charge in [0.05, 0.1) is 11.0 Å². The Morgan fingerprint density at radius 3 is 2.07 bits per heavy atom. The second kappa shape index (κ2) is 9.15. The van der Waals surface area contributed by atoms with Gasteiger partial charge in [-0.1, -0.05) is 109 Å². The molecule has 208 valence electrons. The van der Waals surface area contributed by atoms with Crippen molar-refractivity contribution in [3.05, 3.63) is 144 Å². The molecule has 10 rings (SSSR count). The molecule has 1 aliphatic carbocycles. The van der Waals surface area contributed by atoms with Crippen LogP contribution in [-0.4, -0.2) is 10.5 Å². The number of aromatic nitrogens is 1. The van der Waals surface area contributed by atoms with Crippen LogP contribution in [0.1, 0.15) is 24.4 Å². The lowest BCUT2D eigenvalue weighted by Crippen LogP contribution is -2.35. The second-order valence-electron chi connectivity index (χ2n) is 11.9. The van der Waals surface area contributed by atoms with Crippen molar-refractivity contribution < 1.29 is 0 Å². The molecule has 3 nitrogen and oxygen atoms in total. The molecule has 44 heavy (non-hydrogen) atoms. The Morgan fingerprint density at radius 2 is 1.32 bits per heavy atom. The van der Waals surface area contributed by atoms with Gasteiger partial charge in [-0.05, 0) is 58.1 Å². The molecule has 1 N–H and O–H groups in total. The van der Waals surface area contributed by atoms with Gasteiger partial charge in [0.15, 0.2) is 0 Å². The Labute approximate surface area is 258 Å². The monoisotopic (exact) mass is 581 g/mol. The quantitative estimate of drug-likeness (QED) is 0.205. The zero-order valence-electron chi connectivity index (χ0n) is 23.9. The first-order valence-corrected chi connectivity index (χ1v) is 16.1. The number of rotatable bonds is 1. The minimum Gasteiger partial charge on any atom is -0.329 e. The average Bonchev–Trinajstić information content (AvgIpc) is 3.64. The van der Waals surface area contributed by atoms with Crippen LogP contribution >= 0.6 is 11.3 Å². The molecule has 0 bridgehead atoms. The van der Waals surface area contributed by atoms with Crippen LogP contribution in [0.5, 0.6) is 0 Å². The van der Waals surface area contributed by atoms with Gasteiger partial charge in [0, 0.05) is 42.2 Å². The van der Waals surface area contributed by atoms with E-state index in [2.05, 4.69) is 137 Å². The highest BCUT2D eigenvalue weighted by molar-refractivity contribution is 7.26. The van der Waals surface area contributed by atoms with E-state index in [1.54, 1.807) is 0 Å². The van der Waals surface area contributed by atoms with Crippen LogP contribution in [0.2, 0.25) is 0 Å². The molecule has 2 aromatic heterocycles. The van der Waals surface area contributed by atoms with E-state index in [1.807, 2.05) is 11.3 Å². The van der Waals surface area contributed by atoms with Crippen LogP contribution in [0.25, 0.3) is 63.5 Å². The molecule has 0 radical (unpaired) electrons. The fraction of sp³-hybridized carbons (Fsp3) is 0.0750. The molecule has 3 heterocycles. The Balaban J connectivity index is 1.30. The van der Waals surface area contributed by atoms with Crippen LogP contribution in [0.4, 0.5) is 0 Å². The summed E-state index contributed by atoms with van der Waals surface area (Å²) in [5.74, 6) is 0.896. The lowest BCUT2D eigenvalue weighted by molar-refractivity contribution is 0.740. The van der Waals surface area contributed by atoms with Gasteiger partial charge in [0.1, 0.15) is 6.04 Å². The fourth-order valence-corrected chi connectivity index (χ4v) is 8.78. The average molecular weight is 582 g/mol. The van der Waals surface area contributed by atoms with E-state index in [9.17, 15) is 0 Å². The number of aliphatic imine (C=N–C) groups is 1. The molecule has 6 aromatic carbocycles. The summed E-state index contributed by atoms with van der Waals surface area (Å²) in [6.07, 6.45) is 6.61. The summed E-state index contributed by atoms with van der Waals surface area (Å²) in [7, 11) is 0. The summed E-state index contributed by atoms with van der Waals surface area (Å²) >= 11 is 1.88. The molecule has 1 atom stereocenters. The maximum Gasteiger partial charge on any atom is 0.208 e. The summed E-state index contributed by atoms with van der Waals surface area (Å²) in [6, 6.07) is 42.0. The van der Waals surface area contributed by atoms with Crippen LogP contribution in [0, 0.1) is 0 Å². The Bertz CT molecular complexity index is 2500. The maximum atomic E-state index is 5.63. The first-order valence-electron chi connectivity index (χ1n) is 15.3. The molecule has 0 amide bonds. The fourth-order valence-electron chi connectivity index (χ4n) is 7.54. The predicted octanol–water partition coefficient (Wildman–Crippen LogP) is 10.6. The van der Waals surface area contributed by atoms with Crippen molar-refractivity contribution in [3.8, 4) is 0 Å². The number of nitrogens with one attached hydrogen (secondary N) is 1. The van der Waals surface area contributed by atoms with Gasteiger partial charge < -0.3 is 5.32 Å². The van der Waals surface area contributed by atoms with E-state index in [0.717, 1.165) is 18.8 Å². The Morgan fingerprint density at radius 1 is 0.659 bits per heavy atom. The zero-order valence-corrected chi connectivity index (χ0v) is 24.7. The molecule has 2 aliphatic rings. The van der Waals surface area contributed by atoms with Gasteiger partial charge in [-0.2, -0.15) is 0 Å². The second-order valence-corrected chi connectivity index (χ2v) is 12.9. The van der Waals surface area contributed by atoms with E-state index in [1.165, 1.54) is 80.4 Å². The van der Waals surface area contributed by atoms with Gasteiger partial charge >= 0.3 is 0 Å². The van der Waals surface area contributed by atoms with Gasteiger partial charge in [-0.15, -0.1) is 11.3 Å². The molecule has 0 spiro atoms. The summed E-state index contributed by atoms with van der Waals surface area (Å²) < 4.78 is 5.03. The molecule has 0 saturated carbocycles. The van der Waals surface area contributed by atoms with Gasteiger partial charge in [-0.3, -0.25) is 4.57 Å². The standard InChI is InChI=1S/C40H27N3S/c1-3-12-26-24(10-1)20-22-33-36(26)37-27-13-4-2-11-25(27)21-23-34(37)43(33)40-41-32-18-7-5-15-30(32)38(42-40)31-17-9-16-29-28-14-6-8-19-35(28)44-39(29)31/h1-6,8-17,19-23,38H,7,18H2,(H,41,42). The van der Waals surface area contributed by atoms with E-state index in [-0.39, 0.29) is 6.04 Å². The molecular formula is C40H27N3S. The Kier molecular flexibility index (Phi) is 5.05. The Hall–Kier alpha value is -5.19. The van der Waals surface area contributed by atoms with E-state index < -0.39 is 0 Å². The highest BCUT2D eigenvalue weighted by Gasteiger charge is 2.30. The number of thiophene rings is 1. The van der Waals surface area contributed by atoms with Gasteiger partial charge in [-0.25, -0.2) is 4.99 Å². The number of hydrogen-bond acceptors (Lipinski definition) is 3. The summed E-state index contributed by atoms with van der Waals surface area (Å²) in [5.41, 5.74) is 6.18. The zero-order chi connectivity index (χ0) is 28.8. The molecule has 4 heteroatoms. The third-order valence-corrected chi connectivity index (χ3v) is 10.7. The van der Waals surface area contributed by atoms with Crippen molar-refractivity contribution in [2.24, 2.45) is 4.99 Å². The SMILES string of the molecule is C1=CC2=C(CC1)NC(n1c3ccc4ccccc4c3c3c4ccccc4ccc31)=NC2c1cccc2c1sc1ccccc12. The summed E-state index contributed by atoms with van der Waals surface area (Å²) in [5, 5.41) is 14.1. The highest BCUT2D eigenvalue weighted by Crippen LogP contribution is 2.44. The maximum absolute atomic E-state index is 5.63. The number of hydrogen-bond donors (Lipinski definition) is 1. The van der Waals surface area contributed by atoms with Crippen LogP contribution in [0.3, 0.4) is 0 Å². The molecular weight excluding hydrogens is 555 g/mol. The minimum absolute atomic E-state index is 0.0945. The van der Waals surface area contributed by atoms with E-state index in [4.69, 9.17) is 4.99 Å². The largest absolute Gasteiger partial charge is 0.329 e. The lowest BCUT2D eigenvalue weighted by atomic mass is 9.90. The smallest absolute Gasteiger partial charge is 0.208 e. The summed E-state index contributed by atoms with van der Waals surface area (Å²) in [4.78, 5) is 5.63. The first kappa shape index (κ1) is 24.3. The molecule has 1 aliphatic heterocycles. The van der Waals surface area contributed by atoms with E-state index in [0.29, 0.717) is 0 Å². The normalized spacial score (nSPS) is 16.8. The van der Waals surface area contributed by atoms with Gasteiger partial charge in [0.25, 0.3) is 0 Å². The predicted molar refractivity (Wildman–Crippen MR) is 188 cm³/mol. The van der Waals surface area contributed by atoms with Crippen molar-refractivity contribution in [2.45, 2.75) is 18.9 Å². The molecule has 8 aromatic rings. The number of allylic oxidation sites excluding steroid dienone is 2. The van der Waals surface area contributed by atoms with Crippen molar-refractivity contribution in [2.75, 3.05) is 0 Å². The van der Waals surface area contributed by atoms with Crippen molar-refractivity contribution in [1.29, 1.82) is 0 Å². The van der Waals surface area contributed by atoms with Crippen LogP contribution in [-0.2, 0) is 0 Å². The molecule has 1 unspecified atom stereocenters. The van der Waals surface area contributed by atoms with Gasteiger partial charge in [0.2, 0.25) is 5.96 Å².